The van der Waals surface area contributed by atoms with Crippen molar-refractivity contribution in [2.24, 2.45) is 0 Å². The molecule has 0 saturated heterocycles. The van der Waals surface area contributed by atoms with Gasteiger partial charge in [-0.25, -0.2) is 5.69 Å². The molecule has 0 unspecified atom stereocenters. The zero-order valence-corrected chi connectivity index (χ0v) is 23.8. The van der Waals surface area contributed by atoms with Gasteiger partial charge in [0, 0.05) is 21.1 Å². The quantitative estimate of drug-likeness (QED) is 0.495. The first kappa shape index (κ1) is 25.7. The minimum Gasteiger partial charge on any atom is -0.645 e. The molecule has 3 rings (SSSR count). The van der Waals surface area contributed by atoms with Gasteiger partial charge in [0.05, 0.1) is 18.1 Å². The molecule has 0 aliphatic carbocycles. The standard InChI is InChI=1S/C19H20NO2.Rb.H2S.W/c1-4-17-19(21)20-16-11-6-5-9-15(16)18(22-17)14-10-7-8-12(2)13(14)3;;;/h6-11,17-18H,4H2,1-3H3,(H,20,21);;1H2;/q-1;+1;;/p-1/t17-,18-;;;/m1.../s1. The minimum absolute atomic E-state index is 0. The van der Waals surface area contributed by atoms with Gasteiger partial charge in [-0.05, 0) is 37.0 Å². The van der Waals surface area contributed by atoms with E-state index in [-0.39, 0.29) is 105 Å². The third-order valence-electron chi connectivity index (χ3n) is 4.26. The first-order valence-electron chi connectivity index (χ1n) is 7.59. The Morgan fingerprint density at radius 1 is 1.20 bits per heavy atom. The molecular weight excluding hydrogens is 576 g/mol. The molecule has 0 fully saturated rings. The number of carbonyl (C=O) groups excluding carboxylic acids is 1. The maximum atomic E-state index is 12.2. The summed E-state index contributed by atoms with van der Waals surface area (Å²) in [5.74, 6) is -0.206. The zero-order chi connectivity index (χ0) is 15.7. The number of rotatable bonds is 2. The SMILES string of the molecule is CC[C@H]1O[C@H](c2cccc(C)c2C)c2c[c-]ccc2[N-]C1=O.S.[Rb+].[W]. The summed E-state index contributed by atoms with van der Waals surface area (Å²) in [4.78, 5) is 12.2. The Morgan fingerprint density at radius 3 is 2.60 bits per heavy atom. The van der Waals surface area contributed by atoms with Gasteiger partial charge in [0.25, 0.3) is 0 Å². The molecule has 1 aliphatic rings. The Labute approximate surface area is 220 Å². The minimum atomic E-state index is -0.502. The number of nitrogens with zero attached hydrogens (tertiary/aromatic N) is 1. The van der Waals surface area contributed by atoms with E-state index >= 15 is 0 Å². The molecule has 0 saturated carbocycles. The van der Waals surface area contributed by atoms with Gasteiger partial charge >= 0.3 is 58.2 Å². The van der Waals surface area contributed by atoms with Crippen molar-refractivity contribution in [3.63, 3.8) is 0 Å². The van der Waals surface area contributed by atoms with Crippen LogP contribution in [-0.2, 0) is 30.6 Å². The molecule has 6 heteroatoms. The zero-order valence-electron chi connectivity index (χ0n) is 15.0. The van der Waals surface area contributed by atoms with Crippen LogP contribution in [-0.4, -0.2) is 12.0 Å². The summed E-state index contributed by atoms with van der Waals surface area (Å²) in [5, 5.41) is 4.24. The summed E-state index contributed by atoms with van der Waals surface area (Å²) in [6.45, 7) is 6.12. The fraction of sp³-hybridized carbons (Fsp3) is 0.316. The number of fused-ring (bicyclic) bond motifs is 1. The van der Waals surface area contributed by atoms with Gasteiger partial charge in [-0.2, -0.15) is 37.8 Å². The molecule has 2 aromatic carbocycles. The molecule has 0 spiro atoms. The van der Waals surface area contributed by atoms with Crippen molar-refractivity contribution in [3.8, 4) is 0 Å². The molecule has 2 atom stereocenters. The molecular formula is C19H21NO2RbSW-. The molecule has 0 bridgehead atoms. The van der Waals surface area contributed by atoms with Crippen molar-refractivity contribution in [3.05, 3.63) is 70.0 Å². The van der Waals surface area contributed by atoms with Crippen LogP contribution in [0.4, 0.5) is 5.69 Å². The molecule has 0 aromatic heterocycles. The van der Waals surface area contributed by atoms with Crippen LogP contribution >= 0.6 is 13.5 Å². The second-order valence-corrected chi connectivity index (χ2v) is 5.64. The van der Waals surface area contributed by atoms with E-state index in [1.54, 1.807) is 6.07 Å². The molecule has 1 aliphatic heterocycles. The van der Waals surface area contributed by atoms with E-state index in [1.807, 2.05) is 25.1 Å². The summed E-state index contributed by atoms with van der Waals surface area (Å²) >= 11 is 0. The largest absolute Gasteiger partial charge is 1.00 e. The van der Waals surface area contributed by atoms with Gasteiger partial charge in [-0.3, -0.25) is 0 Å². The number of ether oxygens (including phenoxy) is 1. The van der Waals surface area contributed by atoms with Gasteiger partial charge in [-0.1, -0.05) is 25.1 Å². The van der Waals surface area contributed by atoms with Gasteiger partial charge in [0.2, 0.25) is 0 Å². The summed E-state index contributed by atoms with van der Waals surface area (Å²) in [5.41, 5.74) is 5.07. The van der Waals surface area contributed by atoms with E-state index in [0.717, 1.165) is 11.1 Å². The maximum Gasteiger partial charge on any atom is 1.00 e. The van der Waals surface area contributed by atoms with Crippen molar-refractivity contribution in [1.29, 1.82) is 0 Å². The van der Waals surface area contributed by atoms with Crippen LogP contribution < -0.4 is 58.2 Å². The molecule has 1 amide bonds. The molecule has 3 nitrogen and oxygen atoms in total. The normalized spacial score (nSPS) is 18.4. The topological polar surface area (TPSA) is 40.4 Å². The van der Waals surface area contributed by atoms with Crippen LogP contribution in [0.1, 0.15) is 41.7 Å². The van der Waals surface area contributed by atoms with Gasteiger partial charge in [0.15, 0.2) is 0 Å². The van der Waals surface area contributed by atoms with Crippen LogP contribution in [0.2, 0.25) is 0 Å². The maximum absolute atomic E-state index is 12.2. The smallest absolute Gasteiger partial charge is 0.645 e. The fourth-order valence-corrected chi connectivity index (χ4v) is 2.80. The number of carbonyl (C=O) groups is 1. The Hall–Kier alpha value is 0.714. The number of aryl methyl sites for hydroxylation is 1. The third-order valence-corrected chi connectivity index (χ3v) is 4.26. The predicted octanol–water partition coefficient (Wildman–Crippen LogP) is 1.65. The summed E-state index contributed by atoms with van der Waals surface area (Å²) < 4.78 is 6.16. The van der Waals surface area contributed by atoms with E-state index in [0.29, 0.717) is 12.1 Å². The van der Waals surface area contributed by atoms with E-state index in [9.17, 15) is 4.79 Å². The predicted molar refractivity (Wildman–Crippen MR) is 96.6 cm³/mol. The van der Waals surface area contributed by atoms with Crippen LogP contribution in [0.3, 0.4) is 0 Å². The molecule has 128 valence electrons. The van der Waals surface area contributed by atoms with Crippen molar-refractivity contribution >= 4 is 25.1 Å². The van der Waals surface area contributed by atoms with Crippen molar-refractivity contribution in [1.82, 2.24) is 0 Å². The summed E-state index contributed by atoms with van der Waals surface area (Å²) in [7, 11) is 0. The number of hydrogen-bond acceptors (Lipinski definition) is 2. The number of amides is 1. The molecule has 2 aromatic rings. The number of hydrogen-bond donors (Lipinski definition) is 0. The summed E-state index contributed by atoms with van der Waals surface area (Å²) in [6.07, 6.45) is -0.175. The van der Waals surface area contributed by atoms with Crippen LogP contribution in [0, 0.1) is 19.9 Å². The second kappa shape index (κ2) is 11.5. The van der Waals surface area contributed by atoms with Gasteiger partial charge < -0.3 is 14.8 Å². The molecule has 0 radical (unpaired) electrons. The Bertz CT molecular complexity index is 726. The Kier molecular flexibility index (Phi) is 11.9. The average Bonchev–Trinajstić information content (AvgIpc) is 2.66. The van der Waals surface area contributed by atoms with Crippen molar-refractivity contribution < 1.29 is 88.8 Å². The first-order valence-corrected chi connectivity index (χ1v) is 7.59. The van der Waals surface area contributed by atoms with E-state index in [4.69, 9.17) is 4.74 Å². The van der Waals surface area contributed by atoms with Crippen LogP contribution in [0.15, 0.2) is 36.4 Å². The Morgan fingerprint density at radius 2 is 1.92 bits per heavy atom. The monoisotopic (exact) mass is 596 g/mol. The van der Waals surface area contributed by atoms with Crippen LogP contribution in [0.5, 0.6) is 0 Å². The van der Waals surface area contributed by atoms with Crippen molar-refractivity contribution in [2.75, 3.05) is 0 Å². The fourth-order valence-electron chi connectivity index (χ4n) is 2.80. The Balaban J connectivity index is 0.00000192. The van der Waals surface area contributed by atoms with Crippen LogP contribution in [0.25, 0.3) is 5.32 Å². The van der Waals surface area contributed by atoms with Crippen molar-refractivity contribution in [2.45, 2.75) is 39.4 Å². The van der Waals surface area contributed by atoms with Gasteiger partial charge in [-0.15, -0.1) is 5.56 Å². The number of benzene rings is 2. The molecule has 1 heterocycles. The second-order valence-electron chi connectivity index (χ2n) is 5.64. The van der Waals surface area contributed by atoms with E-state index < -0.39 is 6.10 Å². The first-order chi connectivity index (χ1) is 10.6. The molecule has 25 heavy (non-hydrogen) atoms. The van der Waals surface area contributed by atoms with Gasteiger partial charge in [0.1, 0.15) is 0 Å². The molecule has 0 N–H and O–H groups in total. The van der Waals surface area contributed by atoms with E-state index in [1.165, 1.54) is 11.1 Å². The summed E-state index contributed by atoms with van der Waals surface area (Å²) in [6, 6.07) is 14.7. The average molecular weight is 597 g/mol. The van der Waals surface area contributed by atoms with E-state index in [2.05, 4.69) is 37.4 Å². The third kappa shape index (κ3) is 5.60.